The molecule has 0 spiro atoms. The highest BCUT2D eigenvalue weighted by molar-refractivity contribution is 8.17. The lowest BCUT2D eigenvalue weighted by Crippen LogP contribution is -2.39. The first-order valence-electron chi connectivity index (χ1n) is 12.2. The molecular formula is C29H30FN3O3S. The van der Waals surface area contributed by atoms with E-state index in [1.165, 1.54) is 23.9 Å². The zero-order chi connectivity index (χ0) is 26.4. The largest absolute Gasteiger partial charge is 0.483 e. The number of aliphatic imine (C=N–C) groups is 1. The van der Waals surface area contributed by atoms with Crippen LogP contribution in [0.3, 0.4) is 0 Å². The molecule has 1 amide bonds. The Labute approximate surface area is 220 Å². The van der Waals surface area contributed by atoms with Gasteiger partial charge in [-0.15, -0.1) is 0 Å². The van der Waals surface area contributed by atoms with Crippen LogP contribution in [0.2, 0.25) is 0 Å². The minimum absolute atomic E-state index is 0.0238. The van der Waals surface area contributed by atoms with Crippen LogP contribution in [-0.4, -0.2) is 29.1 Å². The molecule has 1 aromatic heterocycles. The van der Waals surface area contributed by atoms with E-state index in [0.717, 1.165) is 28.0 Å². The molecule has 1 aliphatic heterocycles. The number of benzene rings is 2. The second kappa shape index (κ2) is 12.1. The Morgan fingerprint density at radius 3 is 2.70 bits per heavy atom. The molecule has 6 nitrogen and oxygen atoms in total. The van der Waals surface area contributed by atoms with Crippen LogP contribution in [0.15, 0.2) is 75.5 Å². The lowest BCUT2D eigenvalue weighted by Gasteiger charge is -2.23. The van der Waals surface area contributed by atoms with E-state index in [1.807, 2.05) is 44.2 Å². The summed E-state index contributed by atoms with van der Waals surface area (Å²) in [7, 11) is 1.65. The molecule has 37 heavy (non-hydrogen) atoms. The van der Waals surface area contributed by atoms with Gasteiger partial charge in [0.1, 0.15) is 17.5 Å². The van der Waals surface area contributed by atoms with E-state index < -0.39 is 0 Å². The molecule has 0 bridgehead atoms. The van der Waals surface area contributed by atoms with Crippen LogP contribution >= 0.6 is 11.8 Å². The second-order valence-electron chi connectivity index (χ2n) is 8.73. The van der Waals surface area contributed by atoms with Gasteiger partial charge in [0.05, 0.1) is 5.56 Å². The normalized spacial score (nSPS) is 13.8. The van der Waals surface area contributed by atoms with Gasteiger partial charge < -0.3 is 14.6 Å². The van der Waals surface area contributed by atoms with Gasteiger partial charge in [-0.2, -0.15) is 0 Å². The third kappa shape index (κ3) is 6.20. The number of nitrogens with zero attached hydrogens (tertiary/aromatic N) is 2. The summed E-state index contributed by atoms with van der Waals surface area (Å²) in [6, 6.07) is 14.3. The Morgan fingerprint density at radius 2 is 2.00 bits per heavy atom. The summed E-state index contributed by atoms with van der Waals surface area (Å²) in [6.07, 6.45) is 5.19. The highest BCUT2D eigenvalue weighted by atomic mass is 32.2. The number of nitrogens with one attached hydrogen (secondary N) is 1. The number of rotatable bonds is 8. The van der Waals surface area contributed by atoms with Crippen molar-refractivity contribution >= 4 is 22.7 Å². The van der Waals surface area contributed by atoms with Crippen LogP contribution in [0.25, 0.3) is 0 Å². The first-order chi connectivity index (χ1) is 17.9. The average molecular weight is 520 g/mol. The maximum absolute atomic E-state index is 13.7. The Hall–Kier alpha value is -3.65. The number of hydrogen-bond donors (Lipinski definition) is 1. The number of amides is 1. The average Bonchev–Trinajstić information content (AvgIpc) is 2.89. The minimum atomic E-state index is -0.374. The highest BCUT2D eigenvalue weighted by Crippen LogP contribution is 2.29. The zero-order valence-corrected chi connectivity index (χ0v) is 22.0. The van der Waals surface area contributed by atoms with Crippen molar-refractivity contribution in [3.63, 3.8) is 0 Å². The Bertz CT molecular complexity index is 1410. The molecule has 2 heterocycles. The van der Waals surface area contributed by atoms with Crippen molar-refractivity contribution in [1.29, 1.82) is 0 Å². The standard InChI is InChI=1S/C29H30FN3O3S/c1-4-8-23(16-21-11-12-22(30)15-19(21)2)37-29(31-3)24-17-33-14-13-32-28(35)25(33)27(26(24)34)36-18-20-9-6-5-7-10-20/h5-12,15,17H,4,13-14,16,18H2,1-3H3,(H,32,35)/b23-8+,31-29?. The number of aromatic nitrogens is 1. The van der Waals surface area contributed by atoms with Gasteiger partial charge in [0.2, 0.25) is 5.43 Å². The summed E-state index contributed by atoms with van der Waals surface area (Å²) in [5.74, 6) is -0.574. The number of halogens is 1. The van der Waals surface area contributed by atoms with E-state index in [2.05, 4.69) is 16.4 Å². The Kier molecular flexibility index (Phi) is 8.61. The fourth-order valence-corrected chi connectivity index (χ4v) is 5.28. The maximum Gasteiger partial charge on any atom is 0.272 e. The summed E-state index contributed by atoms with van der Waals surface area (Å²) in [4.78, 5) is 31.9. The molecule has 0 aliphatic carbocycles. The van der Waals surface area contributed by atoms with Gasteiger partial charge in [0.15, 0.2) is 11.4 Å². The molecule has 0 saturated heterocycles. The predicted molar refractivity (Wildman–Crippen MR) is 147 cm³/mol. The van der Waals surface area contributed by atoms with Crippen molar-refractivity contribution in [3.8, 4) is 5.75 Å². The number of ether oxygens (including phenoxy) is 1. The third-order valence-corrected chi connectivity index (χ3v) is 7.25. The fraction of sp³-hybridized carbons (Fsp3) is 0.276. The lowest BCUT2D eigenvalue weighted by atomic mass is 10.1. The molecule has 0 unspecified atom stereocenters. The van der Waals surface area contributed by atoms with Crippen molar-refractivity contribution in [2.75, 3.05) is 13.6 Å². The van der Waals surface area contributed by atoms with Gasteiger partial charge in [0, 0.05) is 32.8 Å². The fourth-order valence-electron chi connectivity index (χ4n) is 4.21. The molecule has 8 heteroatoms. The molecule has 192 valence electrons. The summed E-state index contributed by atoms with van der Waals surface area (Å²) in [5, 5.41) is 3.34. The number of hydrogen-bond acceptors (Lipinski definition) is 5. The highest BCUT2D eigenvalue weighted by Gasteiger charge is 2.27. The number of carbonyl (C=O) groups excluding carboxylic acids is 1. The molecule has 0 radical (unpaired) electrons. The van der Waals surface area contributed by atoms with Crippen molar-refractivity contribution in [1.82, 2.24) is 9.88 Å². The van der Waals surface area contributed by atoms with Crippen LogP contribution in [0, 0.1) is 12.7 Å². The first kappa shape index (κ1) is 26.4. The lowest BCUT2D eigenvalue weighted by molar-refractivity contribution is 0.0919. The van der Waals surface area contributed by atoms with E-state index in [0.29, 0.717) is 30.1 Å². The summed E-state index contributed by atoms with van der Waals surface area (Å²) >= 11 is 1.41. The predicted octanol–water partition coefficient (Wildman–Crippen LogP) is 5.26. The van der Waals surface area contributed by atoms with Crippen molar-refractivity contribution in [2.24, 2.45) is 4.99 Å². The number of pyridine rings is 1. The van der Waals surface area contributed by atoms with E-state index in [4.69, 9.17) is 4.74 Å². The first-order valence-corrected chi connectivity index (χ1v) is 13.0. The molecule has 1 aliphatic rings. The van der Waals surface area contributed by atoms with E-state index >= 15 is 0 Å². The molecule has 3 aromatic rings. The maximum atomic E-state index is 13.7. The number of fused-ring (bicyclic) bond motifs is 1. The molecule has 1 N–H and O–H groups in total. The number of aryl methyl sites for hydroxylation is 1. The van der Waals surface area contributed by atoms with E-state index in [-0.39, 0.29) is 35.2 Å². The van der Waals surface area contributed by atoms with Crippen LogP contribution in [0.1, 0.15) is 46.1 Å². The Balaban J connectivity index is 1.70. The van der Waals surface area contributed by atoms with Crippen LogP contribution in [-0.2, 0) is 19.6 Å². The van der Waals surface area contributed by atoms with Gasteiger partial charge in [-0.25, -0.2) is 4.39 Å². The van der Waals surface area contributed by atoms with Crippen LogP contribution < -0.4 is 15.5 Å². The quantitative estimate of drug-likeness (QED) is 0.325. The molecule has 4 rings (SSSR count). The molecule has 0 fully saturated rings. The molecule has 0 atom stereocenters. The van der Waals surface area contributed by atoms with Crippen molar-refractivity contribution in [2.45, 2.75) is 39.8 Å². The topological polar surface area (TPSA) is 72.7 Å². The van der Waals surface area contributed by atoms with Gasteiger partial charge in [-0.05, 0) is 47.1 Å². The number of carbonyl (C=O) groups is 1. The number of allylic oxidation sites excluding steroid dienone is 2. The van der Waals surface area contributed by atoms with Gasteiger partial charge in [-0.1, -0.05) is 61.2 Å². The number of thioether (sulfide) groups is 1. The third-order valence-electron chi connectivity index (χ3n) is 6.08. The van der Waals surface area contributed by atoms with Crippen LogP contribution in [0.5, 0.6) is 5.75 Å². The van der Waals surface area contributed by atoms with Crippen molar-refractivity contribution < 1.29 is 13.9 Å². The molecule has 2 aromatic carbocycles. The van der Waals surface area contributed by atoms with Gasteiger partial charge in [0.25, 0.3) is 5.91 Å². The van der Waals surface area contributed by atoms with Gasteiger partial charge >= 0.3 is 0 Å². The second-order valence-corrected chi connectivity index (χ2v) is 9.85. The molecule has 0 saturated carbocycles. The van der Waals surface area contributed by atoms with Crippen LogP contribution in [0.4, 0.5) is 4.39 Å². The summed E-state index contributed by atoms with van der Waals surface area (Å²) < 4.78 is 21.4. The van der Waals surface area contributed by atoms with Gasteiger partial charge in [-0.3, -0.25) is 14.6 Å². The summed E-state index contributed by atoms with van der Waals surface area (Å²) in [6.45, 7) is 5.07. The minimum Gasteiger partial charge on any atom is -0.483 e. The molecular weight excluding hydrogens is 489 g/mol. The monoisotopic (exact) mass is 519 g/mol. The van der Waals surface area contributed by atoms with E-state index in [9.17, 15) is 14.0 Å². The van der Waals surface area contributed by atoms with E-state index in [1.54, 1.807) is 23.9 Å². The Morgan fingerprint density at radius 1 is 1.22 bits per heavy atom. The smallest absolute Gasteiger partial charge is 0.272 e. The zero-order valence-electron chi connectivity index (χ0n) is 21.2. The summed E-state index contributed by atoms with van der Waals surface area (Å²) in [5.41, 5.74) is 3.00. The SMILES string of the molecule is CC/C=C(\Cc1ccc(F)cc1C)SC(=NC)c1cn2c(c(OCc3ccccc3)c1=O)C(=O)NCC2. The van der Waals surface area contributed by atoms with Crippen molar-refractivity contribution in [3.05, 3.63) is 110 Å².